The van der Waals surface area contributed by atoms with Crippen LogP contribution in [0, 0.1) is 47.4 Å². The molecule has 0 saturated heterocycles. The first-order valence-electron chi connectivity index (χ1n) is 14.2. The lowest BCUT2D eigenvalue weighted by molar-refractivity contribution is 0.0675. The molecule has 0 radical (unpaired) electrons. The maximum Gasteiger partial charge on any atom is 0.339 e. The molecule has 2 N–H and O–H groups in total. The van der Waals surface area contributed by atoms with Gasteiger partial charge in [-0.05, 0) is 113 Å². The van der Waals surface area contributed by atoms with Gasteiger partial charge in [-0.25, -0.2) is 14.0 Å². The van der Waals surface area contributed by atoms with Crippen LogP contribution in [0.3, 0.4) is 0 Å². The zero-order chi connectivity index (χ0) is 32.3. The van der Waals surface area contributed by atoms with Crippen LogP contribution >= 0.6 is 11.8 Å². The fourth-order valence-electron chi connectivity index (χ4n) is 4.83. The Morgan fingerprint density at radius 1 is 0.721 bits per heavy atom. The van der Waals surface area contributed by atoms with Gasteiger partial charge >= 0.3 is 11.9 Å². The van der Waals surface area contributed by atoms with E-state index >= 15 is 0 Å². The number of unbranched alkanes of at least 4 members (excludes halogenated alkanes) is 3. The van der Waals surface area contributed by atoms with Crippen molar-refractivity contribution in [3.8, 4) is 17.2 Å². The van der Waals surface area contributed by atoms with Crippen molar-refractivity contribution in [1.82, 2.24) is 0 Å². The molecule has 0 aliphatic rings. The van der Waals surface area contributed by atoms with E-state index in [0.29, 0.717) is 16.7 Å². The molecule has 3 aromatic carbocycles. The number of benzene rings is 3. The predicted octanol–water partition coefficient (Wildman–Crippen LogP) is 8.51. The molecule has 0 aromatic heterocycles. The molecule has 0 amide bonds. The highest BCUT2D eigenvalue weighted by molar-refractivity contribution is 7.99. The maximum absolute atomic E-state index is 12.9. The van der Waals surface area contributed by atoms with Crippen LogP contribution in [0.2, 0.25) is 0 Å². The van der Waals surface area contributed by atoms with Gasteiger partial charge in [0.05, 0.1) is 26.4 Å². The Kier molecular flexibility index (Phi) is 13.9. The summed E-state index contributed by atoms with van der Waals surface area (Å²) in [6.07, 6.45) is 4.56. The van der Waals surface area contributed by atoms with Crippen LogP contribution < -0.4 is 14.2 Å². The van der Waals surface area contributed by atoms with E-state index in [0.717, 1.165) is 47.2 Å². The largest absolute Gasteiger partial charge is 0.496 e. The van der Waals surface area contributed by atoms with Crippen molar-refractivity contribution in [1.29, 1.82) is 0 Å². The van der Waals surface area contributed by atoms with Gasteiger partial charge in [-0.15, -0.1) is 11.8 Å². The molecule has 0 aliphatic heterocycles. The third-order valence-corrected chi connectivity index (χ3v) is 8.56. The number of carboxylic acid groups (broad SMARTS) is 2. The average Bonchev–Trinajstić information content (AvgIpc) is 2.96. The molecule has 0 unspecified atom stereocenters. The third kappa shape index (κ3) is 9.38. The minimum absolute atomic E-state index is 0.0208. The second kappa shape index (κ2) is 16.8. The van der Waals surface area contributed by atoms with Crippen molar-refractivity contribution >= 4 is 23.7 Å². The fraction of sp³-hybridized carbons (Fsp3) is 0.412. The van der Waals surface area contributed by atoms with Gasteiger partial charge in [0, 0.05) is 16.0 Å². The molecular formula is C34H43FO7S. The molecule has 3 rings (SSSR count). The second-order valence-corrected chi connectivity index (χ2v) is 11.5. The summed E-state index contributed by atoms with van der Waals surface area (Å²) >= 11 is 1.79. The number of ether oxygens (including phenoxy) is 3. The maximum atomic E-state index is 12.9. The van der Waals surface area contributed by atoms with E-state index in [1.165, 1.54) is 43.2 Å². The van der Waals surface area contributed by atoms with Crippen LogP contribution in [-0.2, 0) is 0 Å². The summed E-state index contributed by atoms with van der Waals surface area (Å²) in [5.41, 5.74) is 4.79. The normalized spacial score (nSPS) is 10.5. The Hall–Kier alpha value is -3.72. The topological polar surface area (TPSA) is 102 Å². The zero-order valence-corrected chi connectivity index (χ0v) is 27.2. The van der Waals surface area contributed by atoms with Gasteiger partial charge in [-0.3, -0.25) is 0 Å². The zero-order valence-electron chi connectivity index (χ0n) is 26.4. The summed E-state index contributed by atoms with van der Waals surface area (Å²) in [5.74, 6) is 0.652. The van der Waals surface area contributed by atoms with Crippen LogP contribution in [0.1, 0.15) is 79.8 Å². The highest BCUT2D eigenvalue weighted by Crippen LogP contribution is 2.34. The van der Waals surface area contributed by atoms with Gasteiger partial charge in [-0.2, -0.15) is 0 Å². The van der Waals surface area contributed by atoms with E-state index in [1.54, 1.807) is 39.6 Å². The molecule has 234 valence electrons. The van der Waals surface area contributed by atoms with Crippen molar-refractivity contribution in [3.05, 3.63) is 80.7 Å². The number of aromatic carboxylic acids is 2. The molecule has 0 atom stereocenters. The summed E-state index contributed by atoms with van der Waals surface area (Å²) in [4.78, 5) is 23.4. The number of halogens is 1. The Morgan fingerprint density at radius 3 is 1.86 bits per heavy atom. The number of hydrogen-bond donors (Lipinski definition) is 2. The number of rotatable bonds is 13. The van der Waals surface area contributed by atoms with E-state index in [-0.39, 0.29) is 22.7 Å². The first-order valence-corrected chi connectivity index (χ1v) is 15.1. The first-order chi connectivity index (χ1) is 20.3. The lowest BCUT2D eigenvalue weighted by Gasteiger charge is -2.17. The molecule has 7 nitrogen and oxygen atoms in total. The predicted molar refractivity (Wildman–Crippen MR) is 169 cm³/mol. The lowest BCUT2D eigenvalue weighted by Crippen LogP contribution is -2.12. The number of methoxy groups -OCH3 is 2. The van der Waals surface area contributed by atoms with E-state index in [4.69, 9.17) is 24.4 Å². The summed E-state index contributed by atoms with van der Waals surface area (Å²) in [7, 11) is 3.03. The van der Waals surface area contributed by atoms with Crippen LogP contribution in [0.4, 0.5) is 4.39 Å². The molecular weight excluding hydrogens is 571 g/mol. The second-order valence-electron chi connectivity index (χ2n) is 10.3. The Labute approximate surface area is 258 Å². The lowest BCUT2D eigenvalue weighted by atomic mass is 9.92. The first kappa shape index (κ1) is 35.5. The highest BCUT2D eigenvalue weighted by atomic mass is 32.2. The summed E-state index contributed by atoms with van der Waals surface area (Å²) in [6, 6.07) is 8.79. The van der Waals surface area contributed by atoms with E-state index < -0.39 is 11.9 Å². The third-order valence-electron chi connectivity index (χ3n) is 7.46. The molecule has 3 aromatic rings. The van der Waals surface area contributed by atoms with Crippen LogP contribution in [0.25, 0.3) is 0 Å². The number of carbonyl (C=O) groups is 2. The van der Waals surface area contributed by atoms with E-state index in [9.17, 15) is 14.0 Å². The Morgan fingerprint density at radius 2 is 1.30 bits per heavy atom. The molecule has 0 fully saturated rings. The van der Waals surface area contributed by atoms with Gasteiger partial charge in [0.25, 0.3) is 0 Å². The van der Waals surface area contributed by atoms with Crippen LogP contribution in [0.15, 0.2) is 35.2 Å². The van der Waals surface area contributed by atoms with Gasteiger partial charge < -0.3 is 24.4 Å². The van der Waals surface area contributed by atoms with Gasteiger partial charge in [0.2, 0.25) is 0 Å². The summed E-state index contributed by atoms with van der Waals surface area (Å²) in [6.45, 7) is 11.7. The van der Waals surface area contributed by atoms with Gasteiger partial charge in [0.1, 0.15) is 28.6 Å². The minimum Gasteiger partial charge on any atom is -0.496 e. The molecule has 0 bridgehead atoms. The van der Waals surface area contributed by atoms with Crippen LogP contribution in [-0.4, -0.2) is 48.7 Å². The number of thioether (sulfide) groups is 1. The van der Waals surface area contributed by atoms with Gasteiger partial charge in [0.15, 0.2) is 0 Å². The van der Waals surface area contributed by atoms with Crippen LogP contribution in [0.5, 0.6) is 17.2 Å². The molecule has 43 heavy (non-hydrogen) atoms. The van der Waals surface area contributed by atoms with Crippen molar-refractivity contribution in [2.24, 2.45) is 0 Å². The van der Waals surface area contributed by atoms with Gasteiger partial charge in [-0.1, -0.05) is 12.8 Å². The van der Waals surface area contributed by atoms with Crippen molar-refractivity contribution in [2.75, 3.05) is 26.6 Å². The highest BCUT2D eigenvalue weighted by Gasteiger charge is 2.25. The molecule has 9 heteroatoms. The van der Waals surface area contributed by atoms with Crippen molar-refractivity contribution < 1.29 is 38.4 Å². The van der Waals surface area contributed by atoms with Crippen molar-refractivity contribution in [2.45, 2.75) is 72.1 Å². The SMILES string of the molecule is COc1c(C)c(C(=O)O)c(C)c(C)c1C(=O)O.COc1cc(C)c(C)c(OCCCCCCSc2ccc(F)cc2)c1C. The number of carboxylic acids is 2. The smallest absolute Gasteiger partial charge is 0.339 e. The Balaban J connectivity index is 0.000000329. The van der Waals surface area contributed by atoms with Crippen molar-refractivity contribution in [3.63, 3.8) is 0 Å². The molecule has 0 aliphatic carbocycles. The molecule has 0 spiro atoms. The molecule has 0 heterocycles. The quantitative estimate of drug-likeness (QED) is 0.146. The average molecular weight is 615 g/mol. The van der Waals surface area contributed by atoms with E-state index in [1.807, 2.05) is 19.1 Å². The summed E-state index contributed by atoms with van der Waals surface area (Å²) < 4.78 is 29.4. The fourth-order valence-corrected chi connectivity index (χ4v) is 5.74. The van der Waals surface area contributed by atoms with E-state index in [2.05, 4.69) is 19.9 Å². The number of aryl methyl sites for hydroxylation is 1. The molecule has 0 saturated carbocycles. The standard InChI is InChI=1S/C22H29FO2S.C12H14O5/c1-16-15-21(24-4)18(3)22(17(16)2)25-13-7-5-6-8-14-26-20-11-9-19(23)10-12-20;1-5-6(2)9(12(15)16)10(17-4)7(3)8(5)11(13)14/h9-12,15H,5-8,13-14H2,1-4H3;1-4H3,(H,13,14)(H,15,16). The Bertz CT molecular complexity index is 1420. The number of hydrogen-bond acceptors (Lipinski definition) is 6. The minimum atomic E-state index is -1.12. The summed E-state index contributed by atoms with van der Waals surface area (Å²) in [5, 5.41) is 18.2. The monoisotopic (exact) mass is 614 g/mol.